The number of carbonyl (C=O) groups is 5. The molecule has 0 spiro atoms. The molecular weight excluding hydrogens is 781 g/mol. The van der Waals surface area contributed by atoms with Gasteiger partial charge in [0.2, 0.25) is 11.8 Å². The third-order valence-corrected chi connectivity index (χ3v) is 13.1. The van der Waals surface area contributed by atoms with Crippen LogP contribution in [0.2, 0.25) is 0 Å². The highest BCUT2D eigenvalue weighted by atomic mass is 32.1. The van der Waals surface area contributed by atoms with Crippen LogP contribution in [0.3, 0.4) is 0 Å². The Bertz CT molecular complexity index is 2210. The number of thiazole rings is 1. The zero-order valence-electron chi connectivity index (χ0n) is 33.9. The van der Waals surface area contributed by atoms with E-state index < -0.39 is 64.9 Å². The van der Waals surface area contributed by atoms with Gasteiger partial charge in [-0.25, -0.2) is 24.4 Å². The van der Waals surface area contributed by atoms with Gasteiger partial charge in [-0.15, -0.1) is 17.9 Å². The molecule has 4 N–H and O–H groups in total. The van der Waals surface area contributed by atoms with E-state index in [2.05, 4.69) is 22.5 Å². The predicted octanol–water partition coefficient (Wildman–Crippen LogP) is 4.63. The molecule has 16 nitrogen and oxygen atoms in total. The van der Waals surface area contributed by atoms with Crippen LogP contribution in [0.4, 0.5) is 9.93 Å². The zero-order chi connectivity index (χ0) is 42.1. The summed E-state index contributed by atoms with van der Waals surface area (Å²) >= 11 is 1.42. The maximum absolute atomic E-state index is 14.7. The van der Waals surface area contributed by atoms with Crippen LogP contribution in [0.5, 0.6) is 11.5 Å². The zero-order valence-corrected chi connectivity index (χ0v) is 34.7. The maximum Gasteiger partial charge on any atom is 0.408 e. The number of carboxylic acids is 1. The van der Waals surface area contributed by atoms with Crippen LogP contribution in [0.1, 0.15) is 53.9 Å². The van der Waals surface area contributed by atoms with Gasteiger partial charge >= 0.3 is 18.0 Å². The molecule has 2 aromatic heterocycles. The first-order chi connectivity index (χ1) is 28.0. The number of hydrogen-bond donors (Lipinski definition) is 4. The van der Waals surface area contributed by atoms with Crippen molar-refractivity contribution in [2.45, 2.75) is 89.8 Å². The van der Waals surface area contributed by atoms with E-state index in [-0.39, 0.29) is 38.1 Å². The van der Waals surface area contributed by atoms with Gasteiger partial charge in [0.1, 0.15) is 47.0 Å². The van der Waals surface area contributed by atoms with E-state index in [4.69, 9.17) is 28.9 Å². The normalized spacial score (nSPS) is 28.9. The van der Waals surface area contributed by atoms with Crippen molar-refractivity contribution in [1.29, 1.82) is 0 Å². The average molecular weight is 831 g/mol. The second-order valence-corrected chi connectivity index (χ2v) is 18.6. The van der Waals surface area contributed by atoms with Gasteiger partial charge in [-0.2, -0.15) is 0 Å². The topological polar surface area (TPSA) is 208 Å². The van der Waals surface area contributed by atoms with Crippen LogP contribution in [0.15, 0.2) is 42.3 Å². The van der Waals surface area contributed by atoms with Crippen LogP contribution in [-0.4, -0.2) is 106 Å². The molecule has 2 bridgehead atoms. The maximum atomic E-state index is 14.7. The van der Waals surface area contributed by atoms with Gasteiger partial charge in [-0.3, -0.25) is 9.59 Å². The molecule has 1 aliphatic heterocycles. The summed E-state index contributed by atoms with van der Waals surface area (Å²) < 4.78 is 22.9. The molecule has 3 heterocycles. The highest BCUT2D eigenvalue weighted by molar-refractivity contribution is 7.14. The molecule has 6 fully saturated rings. The minimum absolute atomic E-state index is 0.0138. The number of pyridine rings is 1. The van der Waals surface area contributed by atoms with Crippen molar-refractivity contribution < 1.29 is 48.0 Å². The summed E-state index contributed by atoms with van der Waals surface area (Å²) in [4.78, 5) is 77.5. The number of rotatable bonds is 15. The van der Waals surface area contributed by atoms with E-state index in [9.17, 15) is 29.1 Å². The number of amides is 3. The number of nitrogens with one attached hydrogen (secondary N) is 3. The van der Waals surface area contributed by atoms with E-state index in [0.29, 0.717) is 62.6 Å². The van der Waals surface area contributed by atoms with Crippen LogP contribution >= 0.6 is 11.3 Å². The minimum atomic E-state index is -1.54. The van der Waals surface area contributed by atoms with Crippen LogP contribution in [0.25, 0.3) is 22.3 Å². The molecule has 5 saturated carbocycles. The molecule has 59 heavy (non-hydrogen) atoms. The van der Waals surface area contributed by atoms with Gasteiger partial charge in [0, 0.05) is 47.2 Å². The molecule has 10 atom stereocenters. The first-order valence-electron chi connectivity index (χ1n) is 20.0. The Balaban J connectivity index is 1.09. The Hall–Kier alpha value is -5.45. The number of carboxylic acid groups (broad SMARTS) is 1. The molecule has 1 saturated heterocycles. The SMILES string of the molecule is C=CC1C[C@]1(NC(=O)C1C[C@@H](Oc2cc(-c3csc(NC(C)C)n3)nc3cc(OCC(=O)OC)ccc23)CN1C(=O)[C@@H](NC(=O)O[C@@H]1CC2C3C1[C@H]23)C(C)(C)C)C(=O)O. The lowest BCUT2D eigenvalue weighted by Gasteiger charge is -2.35. The van der Waals surface area contributed by atoms with Gasteiger partial charge in [0.05, 0.1) is 24.9 Å². The Morgan fingerprint density at radius 2 is 1.85 bits per heavy atom. The van der Waals surface area contributed by atoms with E-state index >= 15 is 0 Å². The quantitative estimate of drug-likeness (QED) is 0.122. The first kappa shape index (κ1) is 40.3. The highest BCUT2D eigenvalue weighted by Gasteiger charge is 2.81. The number of benzene rings is 1. The van der Waals surface area contributed by atoms with Crippen molar-refractivity contribution in [3.8, 4) is 22.9 Å². The van der Waals surface area contributed by atoms with Gasteiger partial charge in [0.15, 0.2) is 11.7 Å². The molecule has 3 amide bonds. The van der Waals surface area contributed by atoms with Crippen molar-refractivity contribution in [1.82, 2.24) is 25.5 Å². The molecule has 5 aliphatic carbocycles. The Morgan fingerprint density at radius 1 is 1.08 bits per heavy atom. The van der Waals surface area contributed by atoms with Crippen molar-refractivity contribution in [2.24, 2.45) is 35.0 Å². The fraction of sp³-hybridized carbons (Fsp3) is 0.548. The lowest BCUT2D eigenvalue weighted by atomic mass is 9.85. The van der Waals surface area contributed by atoms with Crippen molar-refractivity contribution in [3.05, 3.63) is 42.3 Å². The molecular formula is C42H50N6O10S. The highest BCUT2D eigenvalue weighted by Crippen LogP contribution is 2.82. The van der Waals surface area contributed by atoms with E-state index in [1.165, 1.54) is 29.4 Å². The van der Waals surface area contributed by atoms with Gasteiger partial charge < -0.3 is 44.9 Å². The lowest BCUT2D eigenvalue weighted by Crippen LogP contribution is -2.59. The first-order valence-corrected chi connectivity index (χ1v) is 20.9. The summed E-state index contributed by atoms with van der Waals surface area (Å²) in [6.07, 6.45) is 0.935. The van der Waals surface area contributed by atoms with Gasteiger partial charge in [-0.1, -0.05) is 26.8 Å². The number of methoxy groups -OCH3 is 1. The molecule has 9 rings (SSSR count). The third-order valence-electron chi connectivity index (χ3n) is 12.3. The number of nitrogens with zero attached hydrogens (tertiary/aromatic N) is 3. The van der Waals surface area contributed by atoms with Crippen LogP contribution in [0, 0.1) is 35.0 Å². The van der Waals surface area contributed by atoms with Crippen molar-refractivity contribution in [3.63, 3.8) is 0 Å². The van der Waals surface area contributed by atoms with Crippen LogP contribution in [-0.2, 0) is 28.7 Å². The molecule has 5 unspecified atom stereocenters. The number of aromatic nitrogens is 2. The monoisotopic (exact) mass is 830 g/mol. The molecule has 6 aliphatic rings. The Labute approximate surface area is 345 Å². The Morgan fingerprint density at radius 3 is 2.47 bits per heavy atom. The number of ether oxygens (including phenoxy) is 4. The summed E-state index contributed by atoms with van der Waals surface area (Å²) in [6, 6.07) is 4.74. The standard InChI is InChI=1S/C42H50N6O10S/c1-8-20-15-42(20,38(52)53)47-36(50)28-12-22(16-48(28)37(51)35(41(4,5)6)46-40(54)58-30-13-24-32-33(24)34(30)32)57-29-14-26(27-18-59-39(45-27)43-19(2)3)44-25-11-21(9-10-23(25)29)56-17-31(49)55-7/h8-11,14,18-20,22,24,28,30,32-35H,1,12-13,15-17H2,2-7H3,(H,43,45)(H,46,54)(H,47,50)(H,52,53)/t20?,22-,24?,28?,30-,32-,33?,34?,35-,42-/m1/s1. The van der Waals surface area contributed by atoms with Gasteiger partial charge in [0.25, 0.3) is 0 Å². The van der Waals surface area contributed by atoms with E-state index in [1.807, 2.05) is 40.0 Å². The van der Waals surface area contributed by atoms with Crippen molar-refractivity contribution >= 4 is 57.2 Å². The predicted molar refractivity (Wildman–Crippen MR) is 216 cm³/mol. The molecule has 314 valence electrons. The Kier molecular flexibility index (Phi) is 10.2. The molecule has 3 aromatic rings. The second kappa shape index (κ2) is 15.0. The minimum Gasteiger partial charge on any atom is -0.488 e. The third kappa shape index (κ3) is 7.76. The number of esters is 1. The molecule has 1 aromatic carbocycles. The molecule has 17 heteroatoms. The van der Waals surface area contributed by atoms with Crippen LogP contribution < -0.4 is 25.4 Å². The second-order valence-electron chi connectivity index (χ2n) is 17.7. The number of carbonyl (C=O) groups excluding carboxylic acids is 4. The fourth-order valence-corrected chi connectivity index (χ4v) is 9.83. The summed E-state index contributed by atoms with van der Waals surface area (Å²) in [5.74, 6) is -0.236. The largest absolute Gasteiger partial charge is 0.488 e. The number of alkyl carbamates (subject to hydrolysis) is 1. The van der Waals surface area contributed by atoms with Crippen molar-refractivity contribution in [2.75, 3.05) is 25.6 Å². The average Bonchev–Trinajstić information content (AvgIpc) is 4.04. The number of hydrogen-bond acceptors (Lipinski definition) is 13. The van der Waals surface area contributed by atoms with E-state index in [0.717, 1.165) is 6.42 Å². The summed E-state index contributed by atoms with van der Waals surface area (Å²) in [6.45, 7) is 12.8. The summed E-state index contributed by atoms with van der Waals surface area (Å²) in [5.41, 5.74) is -0.810. The van der Waals surface area contributed by atoms with Gasteiger partial charge in [-0.05, 0) is 62.0 Å². The summed E-state index contributed by atoms with van der Waals surface area (Å²) in [7, 11) is 1.27. The number of fused-ring (bicyclic) bond motifs is 2. The lowest BCUT2D eigenvalue weighted by molar-refractivity contribution is -0.146. The number of likely N-dealkylation sites (tertiary alicyclic amines) is 1. The van der Waals surface area contributed by atoms with E-state index in [1.54, 1.807) is 24.3 Å². The molecule has 0 radical (unpaired) electrons. The summed E-state index contributed by atoms with van der Waals surface area (Å²) in [5, 5.41) is 22.1. The fourth-order valence-electron chi connectivity index (χ4n) is 8.98. The number of anilines is 1. The smallest absolute Gasteiger partial charge is 0.408 e. The number of aliphatic carboxylic acids is 1.